The molecule has 0 bridgehead atoms. The highest BCUT2D eigenvalue weighted by Gasteiger charge is 2.35. The summed E-state index contributed by atoms with van der Waals surface area (Å²) in [7, 11) is 0. The molecule has 2 aromatic rings. The van der Waals surface area contributed by atoms with Crippen LogP contribution in [-0.2, 0) is 22.4 Å². The Bertz CT molecular complexity index is 812. The molecule has 1 aliphatic carbocycles. The zero-order chi connectivity index (χ0) is 18.8. The van der Waals surface area contributed by atoms with Crippen LogP contribution in [0.15, 0.2) is 24.3 Å². The van der Waals surface area contributed by atoms with E-state index < -0.39 is 0 Å². The predicted molar refractivity (Wildman–Crippen MR) is 105 cm³/mol. The van der Waals surface area contributed by atoms with Gasteiger partial charge in [-0.2, -0.15) is 0 Å². The van der Waals surface area contributed by atoms with Gasteiger partial charge in [0.2, 0.25) is 5.91 Å². The number of carbonyl (C=O) groups excluding carboxylic acids is 1. The third-order valence-corrected chi connectivity index (χ3v) is 6.76. The van der Waals surface area contributed by atoms with Gasteiger partial charge in [-0.25, -0.2) is 4.39 Å². The third kappa shape index (κ3) is 3.93. The number of nitrogens with one attached hydrogen (secondary N) is 2. The number of rotatable bonds is 4. The van der Waals surface area contributed by atoms with E-state index in [2.05, 4.69) is 5.32 Å². The molecule has 2 N–H and O–H groups in total. The number of hydrogen-bond acceptors (Lipinski definition) is 3. The first-order valence-electron chi connectivity index (χ1n) is 9.73. The van der Waals surface area contributed by atoms with Crippen LogP contribution >= 0.6 is 11.3 Å². The molecule has 0 saturated carbocycles. The average molecular weight is 390 g/mol. The number of fused-ring (bicyclic) bond motifs is 1. The topological polar surface area (TPSA) is 42.8 Å². The summed E-state index contributed by atoms with van der Waals surface area (Å²) in [6.07, 6.45) is 4.53. The smallest absolute Gasteiger partial charge is 0.221 e. The molecule has 1 aromatic carbocycles. The molecule has 6 heteroatoms. The van der Waals surface area contributed by atoms with Crippen molar-refractivity contribution in [1.82, 2.24) is 0 Å². The second-order valence-corrected chi connectivity index (χ2v) is 8.50. The molecule has 4 rings (SSSR count). The number of aryl methyl sites for hydroxylation is 1. The van der Waals surface area contributed by atoms with Gasteiger partial charge >= 0.3 is 0 Å². The second kappa shape index (κ2) is 8.09. The van der Waals surface area contributed by atoms with Crippen molar-refractivity contribution in [3.8, 4) is 0 Å². The standard InChI is InChI=1S/C21H25FN2O2S/c1-14(25)23-21-19(17-4-2-3-5-18(17)27-21)20(24-10-12-26-13-11-24)15-6-8-16(22)9-7-15/h6-9,20H,2-5,10-13H2,1H3,(H,23,25)/p+1. The Morgan fingerprint density at radius 1 is 1.19 bits per heavy atom. The van der Waals surface area contributed by atoms with Crippen molar-refractivity contribution >= 4 is 22.2 Å². The van der Waals surface area contributed by atoms with Crippen LogP contribution in [-0.4, -0.2) is 32.2 Å². The van der Waals surface area contributed by atoms with Gasteiger partial charge in [-0.1, -0.05) is 0 Å². The maximum atomic E-state index is 13.6. The molecular formula is C21H26FN2O2S+. The fraction of sp³-hybridized carbons (Fsp3) is 0.476. The van der Waals surface area contributed by atoms with E-state index in [1.54, 1.807) is 30.4 Å². The Labute approximate surface area is 163 Å². The summed E-state index contributed by atoms with van der Waals surface area (Å²) in [6, 6.07) is 6.97. The number of thiophene rings is 1. The van der Waals surface area contributed by atoms with E-state index in [0.717, 1.165) is 49.7 Å². The van der Waals surface area contributed by atoms with Crippen LogP contribution < -0.4 is 10.2 Å². The van der Waals surface area contributed by atoms with Gasteiger partial charge in [0.05, 0.1) is 18.8 Å². The van der Waals surface area contributed by atoms with Crippen LogP contribution in [0.4, 0.5) is 9.39 Å². The van der Waals surface area contributed by atoms with Gasteiger partial charge in [-0.15, -0.1) is 11.3 Å². The molecule has 144 valence electrons. The highest BCUT2D eigenvalue weighted by molar-refractivity contribution is 7.16. The number of anilines is 1. The van der Waals surface area contributed by atoms with Crippen molar-refractivity contribution in [2.24, 2.45) is 0 Å². The minimum Gasteiger partial charge on any atom is -0.370 e. The molecule has 0 radical (unpaired) electrons. The first kappa shape index (κ1) is 18.6. The molecule has 27 heavy (non-hydrogen) atoms. The zero-order valence-corrected chi connectivity index (χ0v) is 16.5. The number of ether oxygens (including phenoxy) is 1. The number of morpholine rings is 1. The highest BCUT2D eigenvalue weighted by Crippen LogP contribution is 2.42. The molecule has 1 atom stereocenters. The Kier molecular flexibility index (Phi) is 5.57. The van der Waals surface area contributed by atoms with Gasteiger partial charge in [0.25, 0.3) is 0 Å². The van der Waals surface area contributed by atoms with Crippen molar-refractivity contribution in [3.05, 3.63) is 51.7 Å². The second-order valence-electron chi connectivity index (χ2n) is 7.39. The summed E-state index contributed by atoms with van der Waals surface area (Å²) in [4.78, 5) is 14.7. The SMILES string of the molecule is CC(=O)Nc1sc2c(c1C(c1ccc(F)cc1)[NH+]1CCOCC1)CCCC2. The van der Waals surface area contributed by atoms with E-state index in [1.807, 2.05) is 12.1 Å². The Balaban J connectivity index is 1.84. The molecule has 1 aliphatic heterocycles. The van der Waals surface area contributed by atoms with Crippen molar-refractivity contribution in [2.45, 2.75) is 38.6 Å². The highest BCUT2D eigenvalue weighted by atomic mass is 32.1. The number of amides is 1. The zero-order valence-electron chi connectivity index (χ0n) is 15.6. The van der Waals surface area contributed by atoms with Gasteiger partial charge in [-0.3, -0.25) is 4.79 Å². The summed E-state index contributed by atoms with van der Waals surface area (Å²) >= 11 is 1.73. The van der Waals surface area contributed by atoms with Gasteiger partial charge in [0.15, 0.2) is 0 Å². The van der Waals surface area contributed by atoms with Gasteiger partial charge in [-0.05, 0) is 55.5 Å². The van der Waals surface area contributed by atoms with Crippen molar-refractivity contribution < 1.29 is 18.8 Å². The van der Waals surface area contributed by atoms with E-state index in [-0.39, 0.29) is 17.8 Å². The molecule has 2 heterocycles. The van der Waals surface area contributed by atoms with Crippen LogP contribution in [0, 0.1) is 5.82 Å². The lowest BCUT2D eigenvalue weighted by molar-refractivity contribution is -0.933. The van der Waals surface area contributed by atoms with Crippen molar-refractivity contribution in [3.63, 3.8) is 0 Å². The number of carbonyl (C=O) groups is 1. The first-order chi connectivity index (χ1) is 13.1. The normalized spacial score (nSPS) is 18.7. The molecule has 1 saturated heterocycles. The van der Waals surface area contributed by atoms with E-state index in [9.17, 15) is 9.18 Å². The Morgan fingerprint density at radius 2 is 1.89 bits per heavy atom. The first-order valence-corrected chi connectivity index (χ1v) is 10.5. The molecule has 0 spiro atoms. The fourth-order valence-corrected chi connectivity index (χ4v) is 5.71. The Morgan fingerprint density at radius 3 is 2.59 bits per heavy atom. The molecule has 1 amide bonds. The molecule has 2 aliphatic rings. The predicted octanol–water partition coefficient (Wildman–Crippen LogP) is 2.73. The summed E-state index contributed by atoms with van der Waals surface area (Å²) in [5.74, 6) is -0.256. The van der Waals surface area contributed by atoms with Crippen LogP contribution in [0.2, 0.25) is 0 Å². The molecular weight excluding hydrogens is 363 g/mol. The van der Waals surface area contributed by atoms with Crippen LogP contribution in [0.3, 0.4) is 0 Å². The molecule has 1 fully saturated rings. The van der Waals surface area contributed by atoms with Crippen molar-refractivity contribution in [2.75, 3.05) is 31.6 Å². The van der Waals surface area contributed by atoms with E-state index in [1.165, 1.54) is 33.7 Å². The summed E-state index contributed by atoms with van der Waals surface area (Å²) in [6.45, 7) is 4.85. The summed E-state index contributed by atoms with van der Waals surface area (Å²) < 4.78 is 19.2. The largest absolute Gasteiger partial charge is 0.370 e. The lowest BCUT2D eigenvalue weighted by Crippen LogP contribution is -3.14. The van der Waals surface area contributed by atoms with Crippen molar-refractivity contribution in [1.29, 1.82) is 0 Å². The maximum Gasteiger partial charge on any atom is 0.221 e. The lowest BCUT2D eigenvalue weighted by atomic mass is 9.88. The van der Waals surface area contributed by atoms with Crippen LogP contribution in [0.5, 0.6) is 0 Å². The van der Waals surface area contributed by atoms with Gasteiger partial charge < -0.3 is 15.0 Å². The van der Waals surface area contributed by atoms with E-state index in [4.69, 9.17) is 4.74 Å². The number of hydrogen-bond donors (Lipinski definition) is 2. The fourth-order valence-electron chi connectivity index (χ4n) is 4.33. The number of benzene rings is 1. The van der Waals surface area contributed by atoms with Crippen LogP contribution in [0.25, 0.3) is 0 Å². The summed E-state index contributed by atoms with van der Waals surface area (Å²) in [5.41, 5.74) is 3.75. The maximum absolute atomic E-state index is 13.6. The van der Waals surface area contributed by atoms with Gasteiger partial charge in [0, 0.05) is 17.4 Å². The van der Waals surface area contributed by atoms with Crippen LogP contribution in [0.1, 0.15) is 47.4 Å². The summed E-state index contributed by atoms with van der Waals surface area (Å²) in [5, 5.41) is 4.07. The number of halogens is 1. The van der Waals surface area contributed by atoms with Gasteiger partial charge in [0.1, 0.15) is 29.9 Å². The third-order valence-electron chi connectivity index (χ3n) is 5.54. The average Bonchev–Trinajstić information content (AvgIpc) is 3.02. The monoisotopic (exact) mass is 389 g/mol. The van der Waals surface area contributed by atoms with E-state index >= 15 is 0 Å². The number of quaternary nitrogens is 1. The van der Waals surface area contributed by atoms with E-state index in [0.29, 0.717) is 0 Å². The Hall–Kier alpha value is -1.76. The molecule has 1 aromatic heterocycles. The molecule has 1 unspecified atom stereocenters. The minimum absolute atomic E-state index is 0.0373. The minimum atomic E-state index is -0.219. The lowest BCUT2D eigenvalue weighted by Gasteiger charge is -2.33. The quantitative estimate of drug-likeness (QED) is 0.844. The molecule has 4 nitrogen and oxygen atoms in total.